The molecule has 4 amide bonds. The van der Waals surface area contributed by atoms with E-state index in [1.165, 1.54) is 36.4 Å². The molecule has 2 heterocycles. The van der Waals surface area contributed by atoms with Gasteiger partial charge in [0, 0.05) is 62.4 Å². The van der Waals surface area contributed by atoms with E-state index in [1.54, 1.807) is 11.0 Å². The average molecular weight is 637 g/mol. The molecule has 10 nitrogen and oxygen atoms in total. The van der Waals surface area contributed by atoms with Gasteiger partial charge in [-0.2, -0.15) is 0 Å². The first kappa shape index (κ1) is 33.2. The number of likely N-dealkylation sites (tertiary alicyclic amines) is 1. The third kappa shape index (κ3) is 7.97. The van der Waals surface area contributed by atoms with Crippen LogP contribution in [0.3, 0.4) is 0 Å². The van der Waals surface area contributed by atoms with Gasteiger partial charge in [-0.3, -0.25) is 14.4 Å². The molecule has 1 aliphatic carbocycles. The van der Waals surface area contributed by atoms with Crippen molar-refractivity contribution >= 4 is 29.5 Å². The van der Waals surface area contributed by atoms with Gasteiger partial charge in [-0.25, -0.2) is 9.18 Å². The van der Waals surface area contributed by atoms with Crippen molar-refractivity contribution in [1.29, 1.82) is 0 Å². The Morgan fingerprint density at radius 1 is 0.913 bits per heavy atom. The zero-order chi connectivity index (χ0) is 33.0. The fourth-order valence-electron chi connectivity index (χ4n) is 7.09. The standard InChI is InChI=1S/C35H45FN4O6/c1-22(2)15-29-20-38(33(42)26-16-27(36)19-28(17-26)37-23(3)41)13-14-40(29)34(43)25-9-10-32(31(18-25)24-7-5-4-6-8-24)46-30-11-12-39(21-30)35(44)45/h9-10,16-19,22,24,29-30H,4-8,11-15,20-21H2,1-3H3,(H,37,41)(H,44,45)/t29-,30?/m0/s1. The molecule has 2 saturated heterocycles. The summed E-state index contributed by atoms with van der Waals surface area (Å²) in [7, 11) is 0. The van der Waals surface area contributed by atoms with Crippen LogP contribution in [0.5, 0.6) is 5.75 Å². The summed E-state index contributed by atoms with van der Waals surface area (Å²) in [5, 5.41) is 11.9. The minimum atomic E-state index is -0.942. The summed E-state index contributed by atoms with van der Waals surface area (Å²) < 4.78 is 20.7. The molecular formula is C35H45FN4O6. The number of carbonyl (C=O) groups is 4. The highest BCUT2D eigenvalue weighted by molar-refractivity contribution is 5.98. The second kappa shape index (κ2) is 14.5. The Balaban J connectivity index is 1.36. The number of ether oxygens (including phenoxy) is 1. The Labute approximate surface area is 269 Å². The highest BCUT2D eigenvalue weighted by atomic mass is 19.1. The van der Waals surface area contributed by atoms with Gasteiger partial charge in [0.25, 0.3) is 11.8 Å². The Morgan fingerprint density at radius 2 is 1.67 bits per heavy atom. The summed E-state index contributed by atoms with van der Waals surface area (Å²) in [4.78, 5) is 55.5. The third-order valence-corrected chi connectivity index (χ3v) is 9.25. The molecule has 0 radical (unpaired) electrons. The maximum Gasteiger partial charge on any atom is 0.407 e. The topological polar surface area (TPSA) is 119 Å². The monoisotopic (exact) mass is 636 g/mol. The Hall–Kier alpha value is -4.15. The van der Waals surface area contributed by atoms with Crippen LogP contribution in [0.1, 0.15) is 97.9 Å². The summed E-state index contributed by atoms with van der Waals surface area (Å²) >= 11 is 0. The van der Waals surface area contributed by atoms with Crippen molar-refractivity contribution in [2.24, 2.45) is 5.92 Å². The van der Waals surface area contributed by atoms with Crippen LogP contribution in [0.25, 0.3) is 0 Å². The van der Waals surface area contributed by atoms with Crippen molar-refractivity contribution in [1.82, 2.24) is 14.7 Å². The van der Waals surface area contributed by atoms with Gasteiger partial charge >= 0.3 is 6.09 Å². The summed E-state index contributed by atoms with van der Waals surface area (Å²) in [5.41, 5.74) is 1.95. The van der Waals surface area contributed by atoms with Gasteiger partial charge in [-0.15, -0.1) is 0 Å². The Morgan fingerprint density at radius 3 is 2.35 bits per heavy atom. The third-order valence-electron chi connectivity index (χ3n) is 9.25. The minimum Gasteiger partial charge on any atom is -0.488 e. The van der Waals surface area contributed by atoms with E-state index in [9.17, 15) is 28.7 Å². The van der Waals surface area contributed by atoms with Gasteiger partial charge in [0.15, 0.2) is 0 Å². The van der Waals surface area contributed by atoms with Gasteiger partial charge in [-0.1, -0.05) is 33.1 Å². The van der Waals surface area contributed by atoms with Crippen LogP contribution in [0.4, 0.5) is 14.9 Å². The lowest BCUT2D eigenvalue weighted by molar-refractivity contribution is -0.114. The lowest BCUT2D eigenvalue weighted by Gasteiger charge is -2.42. The minimum absolute atomic E-state index is 0.0991. The lowest BCUT2D eigenvalue weighted by Crippen LogP contribution is -2.57. The summed E-state index contributed by atoms with van der Waals surface area (Å²) in [5.74, 6) is -0.162. The molecule has 1 unspecified atom stereocenters. The molecule has 46 heavy (non-hydrogen) atoms. The van der Waals surface area contributed by atoms with E-state index in [1.807, 2.05) is 17.0 Å². The lowest BCUT2D eigenvalue weighted by atomic mass is 9.83. The molecule has 0 aromatic heterocycles. The van der Waals surface area contributed by atoms with Crippen molar-refractivity contribution in [3.05, 3.63) is 58.9 Å². The predicted molar refractivity (Wildman–Crippen MR) is 172 cm³/mol. The van der Waals surface area contributed by atoms with Gasteiger partial charge in [0.1, 0.15) is 17.7 Å². The molecule has 1 saturated carbocycles. The first-order valence-corrected chi connectivity index (χ1v) is 16.5. The molecule has 2 aromatic carbocycles. The van der Waals surface area contributed by atoms with Crippen LogP contribution in [0, 0.1) is 11.7 Å². The Bertz CT molecular complexity index is 1460. The van der Waals surface area contributed by atoms with Crippen molar-refractivity contribution in [2.75, 3.05) is 38.0 Å². The van der Waals surface area contributed by atoms with E-state index in [4.69, 9.17) is 4.74 Å². The molecule has 5 rings (SSSR count). The number of carboxylic acid groups (broad SMARTS) is 1. The van der Waals surface area contributed by atoms with Crippen LogP contribution < -0.4 is 10.1 Å². The first-order chi connectivity index (χ1) is 22.0. The van der Waals surface area contributed by atoms with Gasteiger partial charge in [0.2, 0.25) is 5.91 Å². The maximum atomic E-state index is 14.4. The largest absolute Gasteiger partial charge is 0.488 e. The number of anilines is 1. The summed E-state index contributed by atoms with van der Waals surface area (Å²) in [6, 6.07) is 9.23. The van der Waals surface area contributed by atoms with Gasteiger partial charge in [0.05, 0.1) is 6.54 Å². The highest BCUT2D eigenvalue weighted by Gasteiger charge is 2.35. The quantitative estimate of drug-likeness (QED) is 0.368. The van der Waals surface area contributed by atoms with E-state index in [0.717, 1.165) is 37.0 Å². The molecule has 248 valence electrons. The normalized spacial score (nSPS) is 20.6. The molecular weight excluding hydrogens is 591 g/mol. The summed E-state index contributed by atoms with van der Waals surface area (Å²) in [6.45, 7) is 7.19. The van der Waals surface area contributed by atoms with E-state index < -0.39 is 11.9 Å². The number of piperazine rings is 1. The van der Waals surface area contributed by atoms with Crippen LogP contribution in [-0.4, -0.2) is 88.5 Å². The number of rotatable bonds is 8. The zero-order valence-corrected chi connectivity index (χ0v) is 27.0. The smallest absolute Gasteiger partial charge is 0.407 e. The molecule has 2 N–H and O–H groups in total. The number of amides is 4. The number of benzene rings is 2. The first-order valence-electron chi connectivity index (χ1n) is 16.5. The number of nitrogens with one attached hydrogen (secondary N) is 1. The van der Waals surface area contributed by atoms with E-state index in [2.05, 4.69) is 19.2 Å². The summed E-state index contributed by atoms with van der Waals surface area (Å²) in [6.07, 6.45) is 5.59. The molecule has 2 atom stereocenters. The molecule has 3 fully saturated rings. The van der Waals surface area contributed by atoms with Crippen molar-refractivity contribution in [3.8, 4) is 5.75 Å². The van der Waals surface area contributed by atoms with Crippen molar-refractivity contribution in [2.45, 2.75) is 83.8 Å². The van der Waals surface area contributed by atoms with E-state index >= 15 is 0 Å². The highest BCUT2D eigenvalue weighted by Crippen LogP contribution is 2.39. The molecule has 3 aliphatic rings. The molecule has 11 heteroatoms. The molecule has 0 spiro atoms. The van der Waals surface area contributed by atoms with E-state index in [0.29, 0.717) is 51.1 Å². The van der Waals surface area contributed by atoms with Crippen molar-refractivity contribution < 1.29 is 33.4 Å². The van der Waals surface area contributed by atoms with Crippen molar-refractivity contribution in [3.63, 3.8) is 0 Å². The number of halogens is 1. The molecule has 0 bridgehead atoms. The second-order valence-electron chi connectivity index (χ2n) is 13.3. The SMILES string of the molecule is CC(=O)Nc1cc(F)cc(C(=O)N2CCN(C(=O)c3ccc(OC4CCN(C(=O)O)C4)c(C4CCCCC4)c3)[C@@H](CC(C)C)C2)c1. The maximum absolute atomic E-state index is 14.4. The average Bonchev–Trinajstić information content (AvgIpc) is 3.49. The molecule has 2 aliphatic heterocycles. The fourth-order valence-corrected chi connectivity index (χ4v) is 7.09. The van der Waals surface area contributed by atoms with Crippen LogP contribution in [0.15, 0.2) is 36.4 Å². The molecule has 2 aromatic rings. The van der Waals surface area contributed by atoms with Crippen LogP contribution in [0.2, 0.25) is 0 Å². The van der Waals surface area contributed by atoms with Gasteiger partial charge < -0.3 is 29.9 Å². The van der Waals surface area contributed by atoms with Crippen LogP contribution >= 0.6 is 0 Å². The number of carbonyl (C=O) groups excluding carboxylic acids is 3. The number of hydrogen-bond acceptors (Lipinski definition) is 5. The van der Waals surface area contributed by atoms with Gasteiger partial charge in [-0.05, 0) is 73.1 Å². The fraction of sp³-hybridized carbons (Fsp3) is 0.543. The number of nitrogens with zero attached hydrogens (tertiary/aromatic N) is 3. The second-order valence-corrected chi connectivity index (χ2v) is 13.3. The number of hydrogen-bond donors (Lipinski definition) is 2. The Kier molecular flexibility index (Phi) is 10.5. The predicted octanol–water partition coefficient (Wildman–Crippen LogP) is 5.98. The zero-order valence-electron chi connectivity index (χ0n) is 27.0. The van der Waals surface area contributed by atoms with Crippen LogP contribution in [-0.2, 0) is 4.79 Å². The van der Waals surface area contributed by atoms with E-state index in [-0.39, 0.29) is 53.0 Å².